The Balaban J connectivity index is 1.62. The highest BCUT2D eigenvalue weighted by Crippen LogP contribution is 2.08. The van der Waals surface area contributed by atoms with E-state index in [9.17, 15) is 14.4 Å². The summed E-state index contributed by atoms with van der Waals surface area (Å²) in [5, 5.41) is 5.28. The Morgan fingerprint density at radius 3 is 2.29 bits per heavy atom. The van der Waals surface area contributed by atoms with Gasteiger partial charge in [-0.05, 0) is 37.1 Å². The molecule has 34 heavy (non-hydrogen) atoms. The van der Waals surface area contributed by atoms with E-state index in [2.05, 4.69) is 15.6 Å². The monoisotopic (exact) mass is 459 g/mol. The fourth-order valence-electron chi connectivity index (χ4n) is 3.25. The molecule has 176 valence electrons. The molecule has 0 spiro atoms. The number of nitrogens with one attached hydrogen (secondary N) is 2. The van der Waals surface area contributed by atoms with E-state index >= 15 is 0 Å². The Bertz CT molecular complexity index is 1090. The molecule has 2 aromatic carbocycles. The maximum atomic E-state index is 13.0. The maximum Gasteiger partial charge on any atom is 0.289 e. The molecule has 1 unspecified atom stereocenters. The third kappa shape index (κ3) is 7.64. The number of Topliss-reactive ketones (excluding diaryl/α,β-unsaturated/α-hetero) is 1. The van der Waals surface area contributed by atoms with E-state index < -0.39 is 29.7 Å². The summed E-state index contributed by atoms with van der Waals surface area (Å²) in [7, 11) is 0. The van der Waals surface area contributed by atoms with Crippen molar-refractivity contribution in [3.63, 3.8) is 0 Å². The lowest BCUT2D eigenvalue weighted by molar-refractivity contribution is -0.141. The number of pyridine rings is 1. The number of ether oxygens (including phenoxy) is 1. The number of rotatable bonds is 11. The molecule has 2 atom stereocenters. The summed E-state index contributed by atoms with van der Waals surface area (Å²) in [6.45, 7) is 4.00. The van der Waals surface area contributed by atoms with Crippen molar-refractivity contribution in [3.05, 3.63) is 101 Å². The zero-order valence-electron chi connectivity index (χ0n) is 19.4. The number of nitrogens with zero attached hydrogens (tertiary/aromatic N) is 1. The summed E-state index contributed by atoms with van der Waals surface area (Å²) in [6.07, 6.45) is 0.997. The van der Waals surface area contributed by atoms with Crippen LogP contribution in [0.2, 0.25) is 0 Å². The van der Waals surface area contributed by atoms with Crippen molar-refractivity contribution in [3.8, 4) is 0 Å². The van der Waals surface area contributed by atoms with Crippen molar-refractivity contribution < 1.29 is 19.1 Å². The van der Waals surface area contributed by atoms with Crippen LogP contribution >= 0.6 is 0 Å². The van der Waals surface area contributed by atoms with Gasteiger partial charge in [-0.2, -0.15) is 0 Å². The number of hydrogen-bond donors (Lipinski definition) is 2. The summed E-state index contributed by atoms with van der Waals surface area (Å²) < 4.78 is 5.69. The molecule has 0 bridgehead atoms. The van der Waals surface area contributed by atoms with E-state index in [1.807, 2.05) is 61.5 Å². The Hall–Kier alpha value is -3.84. The quantitative estimate of drug-likeness (QED) is 0.430. The lowest BCUT2D eigenvalue weighted by Gasteiger charge is -2.20. The summed E-state index contributed by atoms with van der Waals surface area (Å²) in [4.78, 5) is 42.4. The van der Waals surface area contributed by atoms with Crippen molar-refractivity contribution >= 4 is 17.6 Å². The van der Waals surface area contributed by atoms with Crippen molar-refractivity contribution in [1.29, 1.82) is 0 Å². The van der Waals surface area contributed by atoms with E-state index in [1.165, 1.54) is 0 Å². The largest absolute Gasteiger partial charge is 0.364 e. The molecule has 3 aromatic rings. The number of carbonyl (C=O) groups is 3. The summed E-state index contributed by atoms with van der Waals surface area (Å²) in [5.41, 5.74) is 3.53. The van der Waals surface area contributed by atoms with Gasteiger partial charge in [0.25, 0.3) is 5.91 Å². The van der Waals surface area contributed by atoms with E-state index in [0.29, 0.717) is 5.69 Å². The van der Waals surface area contributed by atoms with Crippen molar-refractivity contribution in [2.45, 2.75) is 45.6 Å². The summed E-state index contributed by atoms with van der Waals surface area (Å²) in [5.74, 6) is -1.96. The van der Waals surface area contributed by atoms with Gasteiger partial charge in [0, 0.05) is 12.6 Å². The molecule has 0 radical (unpaired) electrons. The van der Waals surface area contributed by atoms with E-state index in [1.54, 1.807) is 31.3 Å². The molecule has 7 heteroatoms. The van der Waals surface area contributed by atoms with Crippen LogP contribution < -0.4 is 10.6 Å². The second-order valence-corrected chi connectivity index (χ2v) is 8.06. The lowest BCUT2D eigenvalue weighted by Crippen LogP contribution is -2.51. The first kappa shape index (κ1) is 24.8. The molecule has 1 heterocycles. The molecule has 1 aromatic heterocycles. The minimum Gasteiger partial charge on any atom is -0.364 e. The van der Waals surface area contributed by atoms with Gasteiger partial charge in [-0.15, -0.1) is 0 Å². The Morgan fingerprint density at radius 1 is 0.912 bits per heavy atom. The maximum absolute atomic E-state index is 13.0. The first-order valence-corrected chi connectivity index (χ1v) is 11.2. The van der Waals surface area contributed by atoms with Gasteiger partial charge in [0.15, 0.2) is 0 Å². The average Bonchev–Trinajstić information content (AvgIpc) is 2.87. The fraction of sp³-hybridized carbons (Fsp3) is 0.259. The third-order valence-corrected chi connectivity index (χ3v) is 5.29. The Kier molecular flexibility index (Phi) is 9.05. The number of amides is 2. The highest BCUT2D eigenvalue weighted by atomic mass is 16.5. The van der Waals surface area contributed by atoms with Crippen LogP contribution in [0.4, 0.5) is 0 Å². The summed E-state index contributed by atoms with van der Waals surface area (Å²) in [6, 6.07) is 21.3. The first-order chi connectivity index (χ1) is 16.4. The van der Waals surface area contributed by atoms with Gasteiger partial charge in [-0.3, -0.25) is 19.4 Å². The van der Waals surface area contributed by atoms with E-state index in [4.69, 9.17) is 4.74 Å². The zero-order valence-corrected chi connectivity index (χ0v) is 19.4. The molecule has 0 aliphatic rings. The van der Waals surface area contributed by atoms with Gasteiger partial charge >= 0.3 is 0 Å². The number of benzene rings is 2. The Morgan fingerprint density at radius 2 is 1.62 bits per heavy atom. The highest BCUT2D eigenvalue weighted by molar-refractivity contribution is 6.38. The van der Waals surface area contributed by atoms with Crippen LogP contribution in [-0.4, -0.2) is 34.7 Å². The van der Waals surface area contributed by atoms with Crippen LogP contribution in [0.25, 0.3) is 0 Å². The highest BCUT2D eigenvalue weighted by Gasteiger charge is 2.29. The molecule has 2 N–H and O–H groups in total. The van der Waals surface area contributed by atoms with Crippen molar-refractivity contribution in [2.24, 2.45) is 0 Å². The molecule has 0 aliphatic heterocycles. The van der Waals surface area contributed by atoms with Crippen molar-refractivity contribution in [2.75, 3.05) is 0 Å². The van der Waals surface area contributed by atoms with Crippen LogP contribution in [-0.2, 0) is 38.7 Å². The van der Waals surface area contributed by atoms with E-state index in [-0.39, 0.29) is 19.6 Å². The molecule has 0 aliphatic carbocycles. The van der Waals surface area contributed by atoms with Crippen LogP contribution in [0.15, 0.2) is 79.0 Å². The second kappa shape index (κ2) is 12.4. The number of aryl methyl sites for hydroxylation is 1. The number of hydrogen-bond acceptors (Lipinski definition) is 5. The van der Waals surface area contributed by atoms with Crippen LogP contribution in [0, 0.1) is 6.92 Å². The lowest BCUT2D eigenvalue weighted by atomic mass is 10.0. The summed E-state index contributed by atoms with van der Waals surface area (Å²) >= 11 is 0. The Labute approximate surface area is 199 Å². The average molecular weight is 460 g/mol. The molecular weight excluding hydrogens is 430 g/mol. The molecule has 0 saturated heterocycles. The third-order valence-electron chi connectivity index (χ3n) is 5.29. The van der Waals surface area contributed by atoms with Crippen LogP contribution in [0.3, 0.4) is 0 Å². The van der Waals surface area contributed by atoms with Gasteiger partial charge < -0.3 is 15.4 Å². The number of ketones is 1. The second-order valence-electron chi connectivity index (χ2n) is 8.06. The molecule has 7 nitrogen and oxygen atoms in total. The van der Waals surface area contributed by atoms with Gasteiger partial charge in [-0.25, -0.2) is 0 Å². The predicted octanol–water partition coefficient (Wildman–Crippen LogP) is 2.91. The van der Waals surface area contributed by atoms with Gasteiger partial charge in [-0.1, -0.05) is 66.2 Å². The zero-order chi connectivity index (χ0) is 24.3. The minimum atomic E-state index is -1.02. The topological polar surface area (TPSA) is 97.4 Å². The molecule has 0 saturated carbocycles. The normalized spacial score (nSPS) is 12.4. The standard InChI is InChI=1S/C27H29N3O4/c1-19-11-13-22(14-12-19)18-34-20(2)26(32)30-24(16-21-8-4-3-5-9-21)25(31)27(33)29-17-23-10-6-7-15-28-23/h3-15,20,24H,16-18H2,1-2H3,(H,29,33)(H,30,32)/t20-,24?/m1/s1. The molecule has 3 rings (SSSR count). The van der Waals surface area contributed by atoms with Gasteiger partial charge in [0.2, 0.25) is 11.7 Å². The fourth-order valence-corrected chi connectivity index (χ4v) is 3.25. The number of carbonyl (C=O) groups excluding carboxylic acids is 3. The van der Waals surface area contributed by atoms with E-state index in [0.717, 1.165) is 16.7 Å². The van der Waals surface area contributed by atoms with Gasteiger partial charge in [0.05, 0.1) is 18.8 Å². The van der Waals surface area contributed by atoms with Crippen molar-refractivity contribution in [1.82, 2.24) is 15.6 Å². The molecular formula is C27H29N3O4. The first-order valence-electron chi connectivity index (χ1n) is 11.2. The SMILES string of the molecule is Cc1ccc(CO[C@H](C)C(=O)NC(Cc2ccccc2)C(=O)C(=O)NCc2ccccn2)cc1. The molecule has 2 amide bonds. The van der Waals surface area contributed by atoms with Gasteiger partial charge in [0.1, 0.15) is 12.1 Å². The van der Waals surface area contributed by atoms with Crippen LogP contribution in [0.1, 0.15) is 29.3 Å². The smallest absolute Gasteiger partial charge is 0.289 e. The minimum absolute atomic E-state index is 0.119. The predicted molar refractivity (Wildman–Crippen MR) is 129 cm³/mol. The number of aromatic nitrogens is 1. The molecule has 0 fully saturated rings. The van der Waals surface area contributed by atoms with Crippen LogP contribution in [0.5, 0.6) is 0 Å².